The molecule has 0 aliphatic carbocycles. The fraction of sp³-hybridized carbons (Fsp3) is 0.611. The van der Waals surface area contributed by atoms with Gasteiger partial charge in [0.05, 0.1) is 0 Å². The number of halogens is 1. The van der Waals surface area contributed by atoms with E-state index in [0.717, 1.165) is 32.4 Å². The maximum absolute atomic E-state index is 13.5. The average molecular weight is 320 g/mol. The number of carbonyl (C=O) groups is 1. The molecule has 2 heterocycles. The van der Waals surface area contributed by atoms with Crippen molar-refractivity contribution in [3.8, 4) is 5.75 Å². The molecule has 1 amide bonds. The second-order valence-corrected chi connectivity index (χ2v) is 6.43. The summed E-state index contributed by atoms with van der Waals surface area (Å²) in [6.45, 7) is 3.88. The number of nitrogens with zero attached hydrogens (tertiary/aromatic N) is 2. The number of hydrogen-bond acceptors (Lipinski definition) is 3. The first kappa shape index (κ1) is 16.2. The monoisotopic (exact) mass is 320 g/mol. The predicted octanol–water partition coefficient (Wildman–Crippen LogP) is 2.68. The molecule has 2 fully saturated rings. The summed E-state index contributed by atoms with van der Waals surface area (Å²) >= 11 is 0. The van der Waals surface area contributed by atoms with Crippen LogP contribution in [0.25, 0.3) is 0 Å². The Bertz CT molecular complexity index is 532. The van der Waals surface area contributed by atoms with Crippen LogP contribution in [-0.2, 0) is 4.79 Å². The van der Waals surface area contributed by atoms with Crippen LogP contribution in [0.2, 0.25) is 0 Å². The summed E-state index contributed by atoms with van der Waals surface area (Å²) in [4.78, 5) is 16.8. The molecular weight excluding hydrogens is 295 g/mol. The summed E-state index contributed by atoms with van der Waals surface area (Å²) in [6, 6.07) is 6.82. The lowest BCUT2D eigenvalue weighted by Crippen LogP contribution is -2.37. The first-order chi connectivity index (χ1) is 11.2. The molecule has 3 rings (SSSR count). The quantitative estimate of drug-likeness (QED) is 0.855. The molecule has 0 spiro atoms. The van der Waals surface area contributed by atoms with Crippen molar-refractivity contribution in [2.24, 2.45) is 0 Å². The van der Waals surface area contributed by atoms with Crippen molar-refractivity contribution in [1.82, 2.24) is 9.80 Å². The molecule has 5 heteroatoms. The molecule has 0 N–H and O–H groups in total. The number of carbonyl (C=O) groups excluding carboxylic acids is 1. The second kappa shape index (κ2) is 7.77. The molecule has 126 valence electrons. The van der Waals surface area contributed by atoms with Crippen molar-refractivity contribution >= 4 is 5.91 Å². The van der Waals surface area contributed by atoms with Crippen LogP contribution in [0, 0.1) is 5.82 Å². The van der Waals surface area contributed by atoms with Crippen LogP contribution in [0.15, 0.2) is 24.3 Å². The highest BCUT2D eigenvalue weighted by molar-refractivity contribution is 5.77. The van der Waals surface area contributed by atoms with Gasteiger partial charge in [0, 0.05) is 19.1 Å². The average Bonchev–Trinajstić information content (AvgIpc) is 2.98. The first-order valence-electron chi connectivity index (χ1n) is 8.63. The fourth-order valence-electron chi connectivity index (χ4n) is 3.59. The van der Waals surface area contributed by atoms with Gasteiger partial charge in [-0.25, -0.2) is 4.39 Å². The van der Waals surface area contributed by atoms with E-state index < -0.39 is 5.82 Å². The van der Waals surface area contributed by atoms with Gasteiger partial charge in [-0.3, -0.25) is 4.79 Å². The van der Waals surface area contributed by atoms with Gasteiger partial charge in [0.1, 0.15) is 0 Å². The second-order valence-electron chi connectivity index (χ2n) is 6.43. The number of rotatable bonds is 4. The van der Waals surface area contributed by atoms with Crippen LogP contribution < -0.4 is 4.74 Å². The van der Waals surface area contributed by atoms with E-state index in [0.29, 0.717) is 6.04 Å². The minimum Gasteiger partial charge on any atom is -0.481 e. The van der Waals surface area contributed by atoms with E-state index in [-0.39, 0.29) is 18.3 Å². The molecule has 1 aromatic carbocycles. The van der Waals surface area contributed by atoms with Crippen LogP contribution >= 0.6 is 0 Å². The van der Waals surface area contributed by atoms with E-state index in [9.17, 15) is 9.18 Å². The zero-order chi connectivity index (χ0) is 16.1. The standard InChI is InChI=1S/C18H25FN2O2/c19-16-7-1-2-8-17(16)23-14-18(22)21-12-5-6-15(9-13-21)20-10-3-4-11-20/h1-2,7-8,15H,3-6,9-14H2/t15-/m1/s1. The molecule has 4 nitrogen and oxygen atoms in total. The Hall–Kier alpha value is -1.62. The normalized spacial score (nSPS) is 22.8. The fourth-order valence-corrected chi connectivity index (χ4v) is 3.59. The zero-order valence-electron chi connectivity index (χ0n) is 13.5. The molecule has 0 radical (unpaired) electrons. The molecule has 1 aromatic rings. The Morgan fingerprint density at radius 3 is 2.65 bits per heavy atom. The number of likely N-dealkylation sites (tertiary alicyclic amines) is 2. The van der Waals surface area contributed by atoms with E-state index in [4.69, 9.17) is 4.74 Å². The third-order valence-electron chi connectivity index (χ3n) is 4.90. The van der Waals surface area contributed by atoms with Crippen LogP contribution in [0.5, 0.6) is 5.75 Å². The predicted molar refractivity (Wildman–Crippen MR) is 86.9 cm³/mol. The summed E-state index contributed by atoms with van der Waals surface area (Å²) in [5.41, 5.74) is 0. The van der Waals surface area contributed by atoms with E-state index in [1.54, 1.807) is 18.2 Å². The SMILES string of the molecule is O=C(COc1ccccc1F)N1CCC[C@@H](N2CCCC2)CC1. The van der Waals surface area contributed by atoms with Crippen molar-refractivity contribution in [3.63, 3.8) is 0 Å². The Morgan fingerprint density at radius 1 is 1.09 bits per heavy atom. The smallest absolute Gasteiger partial charge is 0.260 e. The van der Waals surface area contributed by atoms with Gasteiger partial charge in [0.2, 0.25) is 0 Å². The molecule has 2 aliphatic heterocycles. The van der Waals surface area contributed by atoms with Crippen LogP contribution in [0.1, 0.15) is 32.1 Å². The third kappa shape index (κ3) is 4.22. The summed E-state index contributed by atoms with van der Waals surface area (Å²) in [6.07, 6.45) is 5.83. The minimum atomic E-state index is -0.426. The number of para-hydroxylation sites is 1. The third-order valence-corrected chi connectivity index (χ3v) is 4.90. The molecule has 0 aromatic heterocycles. The molecular formula is C18H25FN2O2. The molecule has 0 saturated carbocycles. The van der Waals surface area contributed by atoms with Gasteiger partial charge in [-0.2, -0.15) is 0 Å². The van der Waals surface area contributed by atoms with Crippen LogP contribution in [0.4, 0.5) is 4.39 Å². The summed E-state index contributed by atoms with van der Waals surface area (Å²) < 4.78 is 18.9. The van der Waals surface area contributed by atoms with E-state index in [2.05, 4.69) is 4.90 Å². The molecule has 2 aliphatic rings. The Balaban J connectivity index is 1.49. The molecule has 2 saturated heterocycles. The Morgan fingerprint density at radius 2 is 1.87 bits per heavy atom. The van der Waals surface area contributed by atoms with Gasteiger partial charge in [0.25, 0.3) is 5.91 Å². The van der Waals surface area contributed by atoms with E-state index >= 15 is 0 Å². The van der Waals surface area contributed by atoms with Crippen molar-refractivity contribution in [2.45, 2.75) is 38.1 Å². The van der Waals surface area contributed by atoms with Gasteiger partial charge in [-0.1, -0.05) is 12.1 Å². The summed E-state index contributed by atoms with van der Waals surface area (Å²) in [5.74, 6) is -0.328. The lowest BCUT2D eigenvalue weighted by Gasteiger charge is -2.26. The van der Waals surface area contributed by atoms with Gasteiger partial charge < -0.3 is 14.5 Å². The lowest BCUT2D eigenvalue weighted by atomic mass is 10.1. The Kier molecular flexibility index (Phi) is 5.49. The highest BCUT2D eigenvalue weighted by Crippen LogP contribution is 2.21. The van der Waals surface area contributed by atoms with Gasteiger partial charge in [0.15, 0.2) is 18.2 Å². The maximum atomic E-state index is 13.5. The van der Waals surface area contributed by atoms with Gasteiger partial charge >= 0.3 is 0 Å². The number of amides is 1. The van der Waals surface area contributed by atoms with Crippen molar-refractivity contribution in [2.75, 3.05) is 32.8 Å². The van der Waals surface area contributed by atoms with Crippen LogP contribution in [0.3, 0.4) is 0 Å². The molecule has 23 heavy (non-hydrogen) atoms. The zero-order valence-corrected chi connectivity index (χ0v) is 13.5. The van der Waals surface area contributed by atoms with Crippen molar-refractivity contribution in [3.05, 3.63) is 30.1 Å². The van der Waals surface area contributed by atoms with Gasteiger partial charge in [-0.15, -0.1) is 0 Å². The molecule has 0 unspecified atom stereocenters. The minimum absolute atomic E-state index is 0.0460. The van der Waals surface area contributed by atoms with Crippen molar-refractivity contribution in [1.29, 1.82) is 0 Å². The molecule has 1 atom stereocenters. The largest absolute Gasteiger partial charge is 0.481 e. The highest BCUT2D eigenvalue weighted by atomic mass is 19.1. The van der Waals surface area contributed by atoms with E-state index in [1.807, 2.05) is 4.90 Å². The highest BCUT2D eigenvalue weighted by Gasteiger charge is 2.26. The Labute approximate surface area is 137 Å². The number of hydrogen-bond donors (Lipinski definition) is 0. The van der Waals surface area contributed by atoms with Crippen molar-refractivity contribution < 1.29 is 13.9 Å². The number of ether oxygens (including phenoxy) is 1. The van der Waals surface area contributed by atoms with Crippen LogP contribution in [-0.4, -0.2) is 54.5 Å². The summed E-state index contributed by atoms with van der Waals surface area (Å²) in [7, 11) is 0. The summed E-state index contributed by atoms with van der Waals surface area (Å²) in [5, 5.41) is 0. The first-order valence-corrected chi connectivity index (χ1v) is 8.63. The lowest BCUT2D eigenvalue weighted by molar-refractivity contribution is -0.133. The molecule has 0 bridgehead atoms. The maximum Gasteiger partial charge on any atom is 0.260 e. The topological polar surface area (TPSA) is 32.8 Å². The van der Waals surface area contributed by atoms with E-state index in [1.165, 1.54) is 32.0 Å². The van der Waals surface area contributed by atoms with Gasteiger partial charge in [-0.05, 0) is 57.3 Å². The number of benzene rings is 1.